The van der Waals surface area contributed by atoms with Crippen molar-refractivity contribution in [2.24, 2.45) is 14.6 Å². The Hall–Kier alpha value is -2.12. The molecule has 0 aliphatic carbocycles. The highest BCUT2D eigenvalue weighted by atomic mass is 32.2. The van der Waals surface area contributed by atoms with Crippen LogP contribution in [0.15, 0.2) is 32.8 Å². The molecule has 1 heterocycles. The van der Waals surface area contributed by atoms with Crippen LogP contribution in [-0.2, 0) is 14.2 Å². The van der Waals surface area contributed by atoms with Crippen molar-refractivity contribution in [3.05, 3.63) is 24.0 Å². The van der Waals surface area contributed by atoms with Crippen LogP contribution in [0.2, 0.25) is 0 Å². The fourth-order valence-electron chi connectivity index (χ4n) is 1.46. The number of nitrogen functional groups attached to an aromatic ring is 1. The molecule has 2 rings (SSSR count). The molecular weight excluding hydrogens is 369 g/mol. The van der Waals surface area contributed by atoms with E-state index in [2.05, 4.69) is 28.1 Å². The van der Waals surface area contributed by atoms with Crippen LogP contribution >= 0.6 is 11.5 Å². The second kappa shape index (κ2) is 7.63. The Morgan fingerprint density at radius 3 is 2.71 bits per heavy atom. The van der Waals surface area contributed by atoms with Crippen LogP contribution in [0.5, 0.6) is 0 Å². The molecule has 0 aliphatic heterocycles. The summed E-state index contributed by atoms with van der Waals surface area (Å²) in [5.41, 5.74) is 5.57. The Labute approximate surface area is 139 Å². The Balaban J connectivity index is 2.44. The lowest BCUT2D eigenvalue weighted by atomic mass is 10.2. The number of hydrogen-bond donors (Lipinski definition) is 1. The summed E-state index contributed by atoms with van der Waals surface area (Å²) in [6, 6.07) is 2.25. The Kier molecular flexibility index (Phi) is 5.80. The molecule has 24 heavy (non-hydrogen) atoms. The Morgan fingerprint density at radius 2 is 2.12 bits per heavy atom. The minimum Gasteiger partial charge on any atom is -0.399 e. The van der Waals surface area contributed by atoms with Gasteiger partial charge >= 0.3 is 6.61 Å². The third-order valence-electron chi connectivity index (χ3n) is 2.36. The number of benzene rings is 1. The van der Waals surface area contributed by atoms with Gasteiger partial charge in [0, 0.05) is 17.2 Å². The monoisotopic (exact) mass is 380 g/mol. The Bertz CT molecular complexity index is 863. The van der Waals surface area contributed by atoms with Crippen molar-refractivity contribution in [3.63, 3.8) is 0 Å². The number of alkyl halides is 3. The fraction of sp³-hybridized carbons (Fsp3) is 0.273. The SMILES string of the molecule is Cc1nsc(N=Nc2ccc(N)cc2N=S(=O)(CF)OC(F)F)n1. The number of halogens is 3. The number of hydrogen-bond acceptors (Lipinski definition) is 9. The van der Waals surface area contributed by atoms with Gasteiger partial charge in [-0.2, -0.15) is 17.5 Å². The molecule has 2 aromatic rings. The molecular formula is C11H11F3N6O2S2. The molecule has 2 N–H and O–H groups in total. The fourth-order valence-corrected chi connectivity index (χ4v) is 2.78. The van der Waals surface area contributed by atoms with E-state index in [4.69, 9.17) is 5.73 Å². The van der Waals surface area contributed by atoms with E-state index in [-0.39, 0.29) is 22.2 Å². The zero-order chi connectivity index (χ0) is 17.7. The molecule has 13 heteroatoms. The molecule has 0 saturated heterocycles. The van der Waals surface area contributed by atoms with Crippen molar-refractivity contribution in [2.75, 3.05) is 11.7 Å². The third-order valence-corrected chi connectivity index (χ3v) is 4.25. The average molecular weight is 380 g/mol. The minimum atomic E-state index is -4.27. The van der Waals surface area contributed by atoms with E-state index in [1.54, 1.807) is 6.92 Å². The van der Waals surface area contributed by atoms with Gasteiger partial charge in [0.15, 0.2) is 6.01 Å². The highest BCUT2D eigenvalue weighted by Gasteiger charge is 2.18. The van der Waals surface area contributed by atoms with E-state index in [1.165, 1.54) is 18.2 Å². The zero-order valence-corrected chi connectivity index (χ0v) is 13.7. The third kappa shape index (κ3) is 4.94. The highest BCUT2D eigenvalue weighted by Crippen LogP contribution is 2.33. The molecule has 1 aromatic carbocycles. The van der Waals surface area contributed by atoms with Crippen LogP contribution in [0.25, 0.3) is 0 Å². The summed E-state index contributed by atoms with van der Waals surface area (Å²) >= 11 is 0.987. The van der Waals surface area contributed by atoms with E-state index in [9.17, 15) is 17.4 Å². The van der Waals surface area contributed by atoms with Gasteiger partial charge in [0.1, 0.15) is 17.2 Å². The predicted octanol–water partition coefficient (Wildman–Crippen LogP) is 4.02. The average Bonchev–Trinajstić information content (AvgIpc) is 2.91. The van der Waals surface area contributed by atoms with Crippen molar-refractivity contribution in [1.82, 2.24) is 9.36 Å². The van der Waals surface area contributed by atoms with Crippen LogP contribution < -0.4 is 5.73 Å². The lowest BCUT2D eigenvalue weighted by Crippen LogP contribution is -2.11. The van der Waals surface area contributed by atoms with E-state index in [0.717, 1.165) is 11.5 Å². The van der Waals surface area contributed by atoms with Crippen LogP contribution in [0.3, 0.4) is 0 Å². The van der Waals surface area contributed by atoms with Crippen LogP contribution in [0.1, 0.15) is 5.82 Å². The number of rotatable bonds is 6. The molecule has 0 bridgehead atoms. The predicted molar refractivity (Wildman–Crippen MR) is 83.0 cm³/mol. The molecule has 0 radical (unpaired) electrons. The van der Waals surface area contributed by atoms with Crippen LogP contribution in [-0.4, -0.2) is 26.2 Å². The van der Waals surface area contributed by atoms with Gasteiger partial charge < -0.3 is 5.73 Å². The molecule has 1 atom stereocenters. The van der Waals surface area contributed by atoms with E-state index < -0.39 is 22.6 Å². The van der Waals surface area contributed by atoms with Crippen LogP contribution in [0.4, 0.5) is 35.4 Å². The van der Waals surface area contributed by atoms with Gasteiger partial charge in [0.05, 0.1) is 0 Å². The lowest BCUT2D eigenvalue weighted by molar-refractivity contribution is -0.0421. The maximum absolute atomic E-state index is 12.8. The standard InChI is InChI=1S/C11H11F3N6O2S2/c1-6-16-11(23-19-6)18-17-8-3-2-7(15)4-9(8)20-24(21,5-12)22-10(13)14/h2-4,10H,5,15H2,1H3. The zero-order valence-electron chi connectivity index (χ0n) is 12.1. The number of nitrogens with two attached hydrogens (primary N) is 1. The van der Waals surface area contributed by atoms with Gasteiger partial charge in [-0.1, -0.05) is 0 Å². The van der Waals surface area contributed by atoms with Crippen molar-refractivity contribution in [1.29, 1.82) is 0 Å². The Morgan fingerprint density at radius 1 is 1.38 bits per heavy atom. The molecule has 0 amide bonds. The second-order valence-corrected chi connectivity index (χ2v) is 6.70. The topological polar surface area (TPSA) is 115 Å². The lowest BCUT2D eigenvalue weighted by Gasteiger charge is -2.07. The van der Waals surface area contributed by atoms with Gasteiger partial charge in [-0.3, -0.25) is 0 Å². The normalized spacial score (nSPS) is 14.2. The summed E-state index contributed by atoms with van der Waals surface area (Å²) in [7, 11) is -4.27. The highest BCUT2D eigenvalue weighted by molar-refractivity contribution is 7.89. The molecule has 130 valence electrons. The summed E-state index contributed by atoms with van der Waals surface area (Å²) < 4.78 is 60.4. The van der Waals surface area contributed by atoms with Crippen molar-refractivity contribution in [2.45, 2.75) is 13.5 Å². The molecule has 1 aromatic heterocycles. The first-order valence-electron chi connectivity index (χ1n) is 6.20. The first-order chi connectivity index (χ1) is 11.3. The molecule has 0 fully saturated rings. The van der Waals surface area contributed by atoms with E-state index >= 15 is 0 Å². The maximum Gasteiger partial charge on any atom is 0.357 e. The molecule has 8 nitrogen and oxygen atoms in total. The molecule has 0 saturated carbocycles. The van der Waals surface area contributed by atoms with Crippen molar-refractivity contribution < 1.29 is 21.6 Å². The first-order valence-corrected chi connectivity index (χ1v) is 8.58. The van der Waals surface area contributed by atoms with Crippen molar-refractivity contribution in [3.8, 4) is 0 Å². The first kappa shape index (κ1) is 18.2. The van der Waals surface area contributed by atoms with Gasteiger partial charge in [-0.05, 0) is 25.1 Å². The summed E-state index contributed by atoms with van der Waals surface area (Å²) in [4.78, 5) is 3.95. The van der Waals surface area contributed by atoms with Gasteiger partial charge in [-0.25, -0.2) is 17.8 Å². The molecule has 0 aliphatic rings. The number of azo groups is 1. The van der Waals surface area contributed by atoms with Crippen molar-refractivity contribution >= 4 is 43.7 Å². The van der Waals surface area contributed by atoms with Gasteiger partial charge in [0.25, 0.3) is 0 Å². The number of aromatic nitrogens is 2. The van der Waals surface area contributed by atoms with E-state index in [1.807, 2.05) is 0 Å². The van der Waals surface area contributed by atoms with Crippen LogP contribution in [0, 0.1) is 6.92 Å². The molecule has 1 unspecified atom stereocenters. The smallest absolute Gasteiger partial charge is 0.357 e. The van der Waals surface area contributed by atoms with E-state index in [0.29, 0.717) is 5.82 Å². The van der Waals surface area contributed by atoms with Gasteiger partial charge in [-0.15, -0.1) is 10.2 Å². The summed E-state index contributed by atoms with van der Waals surface area (Å²) in [6.45, 7) is -1.79. The summed E-state index contributed by atoms with van der Waals surface area (Å²) in [5.74, 6) is 0.502. The number of nitrogens with zero attached hydrogens (tertiary/aromatic N) is 5. The quantitative estimate of drug-likeness (QED) is 0.600. The number of anilines is 1. The number of aryl methyl sites for hydroxylation is 1. The largest absolute Gasteiger partial charge is 0.399 e. The minimum absolute atomic E-state index is 0.0242. The molecule has 0 spiro atoms. The summed E-state index contributed by atoms with van der Waals surface area (Å²) in [5, 5.41) is 7.86. The second-order valence-electron chi connectivity index (χ2n) is 4.21. The summed E-state index contributed by atoms with van der Waals surface area (Å²) in [6.07, 6.45) is 0. The maximum atomic E-state index is 12.8. The van der Waals surface area contributed by atoms with Gasteiger partial charge in [0.2, 0.25) is 15.1 Å².